The number of carbonyl (C=O) groups is 1. The SMILES string of the molecule is COc1ccc2c(c1)c(C(=O)COc1cc(C)cc3oc(=O)c(Cc4ccccc4)c(C)c13)c(C)n2C. The van der Waals surface area contributed by atoms with Crippen molar-refractivity contribution in [2.75, 3.05) is 13.7 Å². The average molecular weight is 496 g/mol. The van der Waals surface area contributed by atoms with Crippen LogP contribution in [0, 0.1) is 20.8 Å². The summed E-state index contributed by atoms with van der Waals surface area (Å²) in [6, 6.07) is 19.2. The van der Waals surface area contributed by atoms with E-state index in [1.165, 1.54) is 0 Å². The molecule has 6 nitrogen and oxygen atoms in total. The van der Waals surface area contributed by atoms with E-state index in [1.807, 2.05) is 93.0 Å². The van der Waals surface area contributed by atoms with Crippen LogP contribution in [0.15, 0.2) is 69.9 Å². The lowest BCUT2D eigenvalue weighted by Crippen LogP contribution is -2.15. The molecule has 0 saturated heterocycles. The van der Waals surface area contributed by atoms with Gasteiger partial charge in [0.2, 0.25) is 5.78 Å². The number of fused-ring (bicyclic) bond motifs is 2. The van der Waals surface area contributed by atoms with Gasteiger partial charge in [-0.25, -0.2) is 4.79 Å². The van der Waals surface area contributed by atoms with Crippen LogP contribution < -0.4 is 15.1 Å². The first-order chi connectivity index (χ1) is 17.8. The topological polar surface area (TPSA) is 70.7 Å². The predicted molar refractivity (Wildman–Crippen MR) is 145 cm³/mol. The molecule has 0 bridgehead atoms. The van der Waals surface area contributed by atoms with Crippen LogP contribution >= 0.6 is 0 Å². The van der Waals surface area contributed by atoms with E-state index in [9.17, 15) is 9.59 Å². The van der Waals surface area contributed by atoms with Crippen LogP contribution in [0.25, 0.3) is 21.9 Å². The quantitative estimate of drug-likeness (QED) is 0.202. The second kappa shape index (κ2) is 9.62. The Hall–Kier alpha value is -4.32. The second-order valence-corrected chi connectivity index (χ2v) is 9.41. The largest absolute Gasteiger partial charge is 0.497 e. The molecule has 0 aliphatic heterocycles. The summed E-state index contributed by atoms with van der Waals surface area (Å²) in [7, 11) is 3.55. The molecule has 5 aromatic rings. The van der Waals surface area contributed by atoms with E-state index in [1.54, 1.807) is 7.11 Å². The third kappa shape index (κ3) is 4.40. The molecule has 0 saturated carbocycles. The molecule has 0 radical (unpaired) electrons. The first-order valence-corrected chi connectivity index (χ1v) is 12.2. The molecule has 2 heterocycles. The van der Waals surface area contributed by atoms with Crippen molar-refractivity contribution in [1.29, 1.82) is 0 Å². The highest BCUT2D eigenvalue weighted by Crippen LogP contribution is 2.33. The Balaban J connectivity index is 1.53. The third-order valence-corrected chi connectivity index (χ3v) is 7.05. The summed E-state index contributed by atoms with van der Waals surface area (Å²) in [5.74, 6) is 1.08. The number of rotatable bonds is 7. The van der Waals surface area contributed by atoms with E-state index in [2.05, 4.69) is 0 Å². The summed E-state index contributed by atoms with van der Waals surface area (Å²) in [6.07, 6.45) is 0.453. The summed E-state index contributed by atoms with van der Waals surface area (Å²) >= 11 is 0. The molecule has 0 N–H and O–H groups in total. The summed E-state index contributed by atoms with van der Waals surface area (Å²) in [6.45, 7) is 5.59. The number of methoxy groups -OCH3 is 1. The first kappa shape index (κ1) is 24.4. The summed E-state index contributed by atoms with van der Waals surface area (Å²) in [4.78, 5) is 26.4. The average Bonchev–Trinajstić information content (AvgIpc) is 3.14. The lowest BCUT2D eigenvalue weighted by Gasteiger charge is -2.14. The number of aromatic nitrogens is 1. The Bertz CT molecular complexity index is 1710. The van der Waals surface area contributed by atoms with Gasteiger partial charge in [-0.2, -0.15) is 0 Å². The highest BCUT2D eigenvalue weighted by Gasteiger charge is 2.21. The van der Waals surface area contributed by atoms with Crippen molar-refractivity contribution in [3.63, 3.8) is 0 Å². The van der Waals surface area contributed by atoms with Gasteiger partial charge in [0.1, 0.15) is 17.1 Å². The van der Waals surface area contributed by atoms with Crippen molar-refractivity contribution in [1.82, 2.24) is 4.57 Å². The Kier molecular flexibility index (Phi) is 6.34. The summed E-state index contributed by atoms with van der Waals surface area (Å²) in [5, 5.41) is 1.54. The van der Waals surface area contributed by atoms with Crippen molar-refractivity contribution in [2.24, 2.45) is 7.05 Å². The molecule has 5 rings (SSSR count). The van der Waals surface area contributed by atoms with Crippen LogP contribution in [0.1, 0.15) is 38.3 Å². The maximum atomic E-state index is 13.5. The molecule has 2 aromatic heterocycles. The van der Waals surface area contributed by atoms with Crippen LogP contribution in [0.5, 0.6) is 11.5 Å². The Morgan fingerprint density at radius 3 is 2.49 bits per heavy atom. The molecule has 0 aliphatic carbocycles. The fourth-order valence-electron chi connectivity index (χ4n) is 5.00. The number of benzene rings is 3. The zero-order valence-corrected chi connectivity index (χ0v) is 21.7. The number of ketones is 1. The van der Waals surface area contributed by atoms with Crippen molar-refractivity contribution in [3.05, 3.63) is 105 Å². The molecular formula is C31H29NO5. The lowest BCUT2D eigenvalue weighted by molar-refractivity contribution is 0.0923. The molecule has 0 spiro atoms. The maximum Gasteiger partial charge on any atom is 0.340 e. The number of hydrogen-bond donors (Lipinski definition) is 0. The number of ether oxygens (including phenoxy) is 2. The molecular weight excluding hydrogens is 466 g/mol. The molecule has 0 fully saturated rings. The summed E-state index contributed by atoms with van der Waals surface area (Å²) < 4.78 is 19.3. The van der Waals surface area contributed by atoms with Crippen molar-refractivity contribution < 1.29 is 18.7 Å². The van der Waals surface area contributed by atoms with Gasteiger partial charge in [-0.15, -0.1) is 0 Å². The summed E-state index contributed by atoms with van der Waals surface area (Å²) in [5.41, 5.74) is 5.78. The second-order valence-electron chi connectivity index (χ2n) is 9.41. The zero-order chi connectivity index (χ0) is 26.3. The van der Waals surface area contributed by atoms with Gasteiger partial charge in [0.05, 0.1) is 12.5 Å². The number of hydrogen-bond acceptors (Lipinski definition) is 5. The van der Waals surface area contributed by atoms with E-state index in [0.717, 1.165) is 33.3 Å². The fourth-order valence-corrected chi connectivity index (χ4v) is 5.00. The minimum atomic E-state index is -0.359. The lowest BCUT2D eigenvalue weighted by atomic mass is 9.98. The zero-order valence-electron chi connectivity index (χ0n) is 21.7. The van der Waals surface area contributed by atoms with Gasteiger partial charge in [-0.1, -0.05) is 30.3 Å². The molecule has 188 valence electrons. The number of aryl methyl sites for hydroxylation is 3. The van der Waals surface area contributed by atoms with E-state index in [0.29, 0.717) is 40.0 Å². The standard InChI is InChI=1S/C31H29NO5/c1-18-13-27(29-19(2)23(31(34)37-28(29)14-18)15-21-9-7-6-8-10-21)36-17-26(33)30-20(3)32(4)25-12-11-22(35-5)16-24(25)30/h6-14,16H,15,17H2,1-5H3. The van der Waals surface area contributed by atoms with Crippen molar-refractivity contribution >= 4 is 27.7 Å². The normalized spacial score (nSPS) is 11.3. The monoisotopic (exact) mass is 495 g/mol. The van der Waals surface area contributed by atoms with Gasteiger partial charge in [0.25, 0.3) is 0 Å². The highest BCUT2D eigenvalue weighted by atomic mass is 16.5. The molecule has 0 atom stereocenters. The predicted octanol–water partition coefficient (Wildman–Crippen LogP) is 6.07. The van der Waals surface area contributed by atoms with Gasteiger partial charge >= 0.3 is 5.63 Å². The molecule has 0 amide bonds. The van der Waals surface area contributed by atoms with Gasteiger partial charge in [0.15, 0.2) is 6.61 Å². The van der Waals surface area contributed by atoms with Crippen molar-refractivity contribution in [3.8, 4) is 11.5 Å². The van der Waals surface area contributed by atoms with Crippen LogP contribution in [0.3, 0.4) is 0 Å². The first-order valence-electron chi connectivity index (χ1n) is 12.2. The van der Waals surface area contributed by atoms with Crippen LogP contribution in [0.2, 0.25) is 0 Å². The minimum absolute atomic E-state index is 0.134. The van der Waals surface area contributed by atoms with Crippen molar-refractivity contribution in [2.45, 2.75) is 27.2 Å². The van der Waals surface area contributed by atoms with Gasteiger partial charge in [0, 0.05) is 41.2 Å². The molecule has 3 aromatic carbocycles. The number of Topliss-reactive ketones (excluding diaryl/α,β-unsaturated/α-hetero) is 1. The van der Waals surface area contributed by atoms with Gasteiger partial charge in [-0.05, 0) is 67.8 Å². The van der Waals surface area contributed by atoms with Crippen LogP contribution in [0.4, 0.5) is 0 Å². The van der Waals surface area contributed by atoms with Crippen LogP contribution in [-0.2, 0) is 13.5 Å². The molecule has 37 heavy (non-hydrogen) atoms. The smallest absolute Gasteiger partial charge is 0.340 e. The Morgan fingerprint density at radius 2 is 1.76 bits per heavy atom. The number of nitrogens with zero attached hydrogens (tertiary/aromatic N) is 1. The Morgan fingerprint density at radius 1 is 1.00 bits per heavy atom. The van der Waals surface area contributed by atoms with E-state index >= 15 is 0 Å². The van der Waals surface area contributed by atoms with Gasteiger partial charge in [-0.3, -0.25) is 4.79 Å². The van der Waals surface area contributed by atoms with E-state index in [4.69, 9.17) is 13.9 Å². The fraction of sp³-hybridized carbons (Fsp3) is 0.226. The van der Waals surface area contributed by atoms with E-state index < -0.39 is 0 Å². The Labute approximate surface area is 215 Å². The molecule has 6 heteroatoms. The highest BCUT2D eigenvalue weighted by molar-refractivity contribution is 6.10. The van der Waals surface area contributed by atoms with Gasteiger partial charge < -0.3 is 18.5 Å². The third-order valence-electron chi connectivity index (χ3n) is 7.05. The number of carbonyl (C=O) groups excluding carboxylic acids is 1. The molecule has 0 aliphatic rings. The van der Waals surface area contributed by atoms with E-state index in [-0.39, 0.29) is 18.0 Å². The maximum absolute atomic E-state index is 13.5. The minimum Gasteiger partial charge on any atom is -0.497 e. The molecule has 0 unspecified atom stereocenters. The van der Waals surface area contributed by atoms with Crippen LogP contribution in [-0.4, -0.2) is 24.1 Å².